The Morgan fingerprint density at radius 2 is 1.94 bits per heavy atom. The first-order valence-electron chi connectivity index (χ1n) is 12.2. The van der Waals surface area contributed by atoms with Crippen LogP contribution in [0.3, 0.4) is 0 Å². The minimum absolute atomic E-state index is 0.115. The first-order valence-corrected chi connectivity index (χ1v) is 13.0. The molecular formula is C28H32N4O3S. The van der Waals surface area contributed by atoms with E-state index in [1.807, 2.05) is 39.0 Å². The molecule has 4 rings (SSSR count). The third-order valence-corrected chi connectivity index (χ3v) is 7.41. The number of thiophene rings is 1. The maximum atomic E-state index is 13.7. The van der Waals surface area contributed by atoms with E-state index in [4.69, 9.17) is 15.1 Å². The molecule has 4 aromatic rings. The molecule has 0 aliphatic carbocycles. The predicted octanol–water partition coefficient (Wildman–Crippen LogP) is 6.58. The van der Waals surface area contributed by atoms with Crippen LogP contribution in [0.25, 0.3) is 21.5 Å². The highest BCUT2D eigenvalue weighted by molar-refractivity contribution is 7.21. The van der Waals surface area contributed by atoms with Gasteiger partial charge in [-0.1, -0.05) is 31.0 Å². The lowest BCUT2D eigenvalue weighted by Gasteiger charge is -2.20. The van der Waals surface area contributed by atoms with E-state index in [2.05, 4.69) is 12.2 Å². The number of carbonyl (C=O) groups is 2. The Hall–Kier alpha value is -3.65. The van der Waals surface area contributed by atoms with Crippen LogP contribution in [0, 0.1) is 20.8 Å². The van der Waals surface area contributed by atoms with E-state index < -0.39 is 0 Å². The van der Waals surface area contributed by atoms with Crippen molar-refractivity contribution in [2.45, 2.75) is 47.5 Å². The first kappa shape index (κ1) is 25.4. The number of aryl methyl sites for hydroxylation is 3. The van der Waals surface area contributed by atoms with Gasteiger partial charge in [-0.2, -0.15) is 0 Å². The Labute approximate surface area is 215 Å². The fraction of sp³-hybridized carbons (Fsp3) is 0.321. The number of nitrogens with one attached hydrogen (secondary N) is 1. The molecule has 0 radical (unpaired) electrons. The number of hydrogen-bond acceptors (Lipinski definition) is 6. The lowest BCUT2D eigenvalue weighted by Crippen LogP contribution is -2.31. The lowest BCUT2D eigenvalue weighted by atomic mass is 9.98. The number of benzene rings is 1. The number of nitrogens with two attached hydrogens (primary N) is 1. The van der Waals surface area contributed by atoms with Crippen LogP contribution in [-0.2, 0) is 0 Å². The van der Waals surface area contributed by atoms with Crippen molar-refractivity contribution in [1.29, 1.82) is 0 Å². The maximum Gasteiger partial charge on any atom is 0.266 e. The van der Waals surface area contributed by atoms with E-state index in [9.17, 15) is 9.59 Å². The highest BCUT2D eigenvalue weighted by Crippen LogP contribution is 2.43. The molecule has 7 nitrogen and oxygen atoms in total. The number of fused-ring (bicyclic) bond motifs is 1. The van der Waals surface area contributed by atoms with Crippen molar-refractivity contribution in [3.05, 3.63) is 63.9 Å². The van der Waals surface area contributed by atoms with Crippen molar-refractivity contribution in [1.82, 2.24) is 9.88 Å². The van der Waals surface area contributed by atoms with Crippen LogP contribution in [0.15, 0.2) is 41.0 Å². The van der Waals surface area contributed by atoms with Gasteiger partial charge in [0.05, 0.1) is 23.2 Å². The van der Waals surface area contributed by atoms with Gasteiger partial charge in [0.1, 0.15) is 15.5 Å². The number of hydrogen-bond donors (Lipinski definition) is 2. The maximum absolute atomic E-state index is 13.7. The standard InChI is InChI=1S/C28H32N4O3S/c1-6-8-13-32(7-2)28(34)25-24(29)23-22(20-10-9-14-35-20)21(18(5)30-27(23)36-25)26(33)31-19-12-11-16(3)15-17(19)4/h9-12,14-15H,6-8,13,29H2,1-5H3,(H,31,33). The Balaban J connectivity index is 1.88. The zero-order chi connectivity index (χ0) is 26.0. The van der Waals surface area contributed by atoms with Gasteiger partial charge in [-0.05, 0) is 57.9 Å². The molecule has 36 heavy (non-hydrogen) atoms. The second-order valence-electron chi connectivity index (χ2n) is 8.96. The molecule has 2 amide bonds. The van der Waals surface area contributed by atoms with Gasteiger partial charge in [-0.25, -0.2) is 4.98 Å². The number of pyridine rings is 1. The second kappa shape index (κ2) is 10.5. The van der Waals surface area contributed by atoms with Gasteiger partial charge < -0.3 is 20.4 Å². The van der Waals surface area contributed by atoms with Crippen LogP contribution < -0.4 is 11.1 Å². The molecule has 0 aliphatic rings. The molecule has 0 fully saturated rings. The average molecular weight is 505 g/mol. The first-order chi connectivity index (χ1) is 17.3. The van der Waals surface area contributed by atoms with E-state index in [0.717, 1.165) is 29.7 Å². The molecule has 3 aromatic heterocycles. The predicted molar refractivity (Wildman–Crippen MR) is 147 cm³/mol. The molecule has 8 heteroatoms. The SMILES string of the molecule is CCCCN(CC)C(=O)c1sc2nc(C)c(C(=O)Nc3ccc(C)cc3C)c(-c3ccco3)c2c1N. The molecule has 3 heterocycles. The average Bonchev–Trinajstić information content (AvgIpc) is 3.48. The molecular weight excluding hydrogens is 472 g/mol. The summed E-state index contributed by atoms with van der Waals surface area (Å²) in [7, 11) is 0. The number of nitrogens with zero attached hydrogens (tertiary/aromatic N) is 2. The highest BCUT2D eigenvalue weighted by Gasteiger charge is 2.29. The number of anilines is 2. The summed E-state index contributed by atoms with van der Waals surface area (Å²) in [6.07, 6.45) is 3.47. The molecule has 0 bridgehead atoms. The summed E-state index contributed by atoms with van der Waals surface area (Å²) in [5.41, 5.74) is 11.2. The number of amides is 2. The second-order valence-corrected chi connectivity index (χ2v) is 9.96. The monoisotopic (exact) mass is 504 g/mol. The van der Waals surface area contributed by atoms with Crippen molar-refractivity contribution in [3.63, 3.8) is 0 Å². The summed E-state index contributed by atoms with van der Waals surface area (Å²) in [6, 6.07) is 9.42. The zero-order valence-electron chi connectivity index (χ0n) is 21.4. The van der Waals surface area contributed by atoms with Crippen molar-refractivity contribution >= 4 is 44.7 Å². The number of nitrogen functional groups attached to an aromatic ring is 1. The van der Waals surface area contributed by atoms with Gasteiger partial charge in [-0.3, -0.25) is 9.59 Å². The van der Waals surface area contributed by atoms with Crippen LogP contribution in [-0.4, -0.2) is 34.8 Å². The van der Waals surface area contributed by atoms with Crippen molar-refractivity contribution < 1.29 is 14.0 Å². The summed E-state index contributed by atoms with van der Waals surface area (Å²) < 4.78 is 5.76. The molecule has 0 saturated carbocycles. The van der Waals surface area contributed by atoms with Gasteiger partial charge in [0.15, 0.2) is 0 Å². The van der Waals surface area contributed by atoms with Crippen molar-refractivity contribution in [2.24, 2.45) is 0 Å². The Bertz CT molecular complexity index is 1420. The molecule has 0 saturated heterocycles. The number of aromatic nitrogens is 1. The van der Waals surface area contributed by atoms with Crippen molar-refractivity contribution in [3.8, 4) is 11.3 Å². The summed E-state index contributed by atoms with van der Waals surface area (Å²) in [4.78, 5) is 34.6. The highest BCUT2D eigenvalue weighted by atomic mass is 32.1. The third kappa shape index (κ3) is 4.73. The fourth-order valence-electron chi connectivity index (χ4n) is 4.40. The normalized spacial score (nSPS) is 11.1. The quantitative estimate of drug-likeness (QED) is 0.282. The molecule has 0 spiro atoms. The number of unbranched alkanes of at least 4 members (excludes halogenated alkanes) is 1. The summed E-state index contributed by atoms with van der Waals surface area (Å²) in [5, 5.41) is 3.60. The minimum Gasteiger partial charge on any atom is -0.464 e. The summed E-state index contributed by atoms with van der Waals surface area (Å²) >= 11 is 1.26. The number of carbonyl (C=O) groups excluding carboxylic acids is 2. The van der Waals surface area contributed by atoms with E-state index in [1.54, 1.807) is 30.2 Å². The van der Waals surface area contributed by atoms with Gasteiger partial charge in [0.2, 0.25) is 0 Å². The van der Waals surface area contributed by atoms with Gasteiger partial charge in [-0.15, -0.1) is 11.3 Å². The summed E-state index contributed by atoms with van der Waals surface area (Å²) in [5.74, 6) is 0.0748. The smallest absolute Gasteiger partial charge is 0.266 e. The molecule has 0 aliphatic heterocycles. The molecule has 0 unspecified atom stereocenters. The van der Waals surface area contributed by atoms with Crippen LogP contribution >= 0.6 is 11.3 Å². The largest absolute Gasteiger partial charge is 0.464 e. The van der Waals surface area contributed by atoms with Crippen molar-refractivity contribution in [2.75, 3.05) is 24.1 Å². The topological polar surface area (TPSA) is 101 Å². The minimum atomic E-state index is -0.308. The van der Waals surface area contributed by atoms with Crippen LogP contribution in [0.4, 0.5) is 11.4 Å². The van der Waals surface area contributed by atoms with E-state index >= 15 is 0 Å². The van der Waals surface area contributed by atoms with Crippen LogP contribution in [0.1, 0.15) is 63.5 Å². The zero-order valence-corrected chi connectivity index (χ0v) is 22.2. The number of furan rings is 1. The van der Waals surface area contributed by atoms with E-state index in [-0.39, 0.29) is 11.8 Å². The van der Waals surface area contributed by atoms with Gasteiger partial charge in [0, 0.05) is 29.7 Å². The molecule has 188 valence electrons. The number of rotatable bonds is 8. The molecule has 3 N–H and O–H groups in total. The van der Waals surface area contributed by atoms with Crippen LogP contribution in [0.5, 0.6) is 0 Å². The molecule has 0 atom stereocenters. The van der Waals surface area contributed by atoms with E-state index in [0.29, 0.717) is 56.5 Å². The van der Waals surface area contributed by atoms with Gasteiger partial charge in [0.25, 0.3) is 11.8 Å². The third-order valence-electron chi connectivity index (χ3n) is 6.33. The van der Waals surface area contributed by atoms with Crippen LogP contribution in [0.2, 0.25) is 0 Å². The van der Waals surface area contributed by atoms with Gasteiger partial charge >= 0.3 is 0 Å². The fourth-order valence-corrected chi connectivity index (χ4v) is 5.52. The van der Waals surface area contributed by atoms with E-state index in [1.165, 1.54) is 11.3 Å². The Morgan fingerprint density at radius 3 is 2.58 bits per heavy atom. The summed E-state index contributed by atoms with van der Waals surface area (Å²) in [6.45, 7) is 11.1. The Morgan fingerprint density at radius 1 is 1.17 bits per heavy atom. The lowest BCUT2D eigenvalue weighted by molar-refractivity contribution is 0.0768. The Kier molecular flexibility index (Phi) is 7.45. The molecule has 1 aromatic carbocycles.